The van der Waals surface area contributed by atoms with Crippen LogP contribution in [-0.4, -0.2) is 69.9 Å². The maximum atomic E-state index is 13.0. The normalized spacial score (nSPS) is 14.5. The highest BCUT2D eigenvalue weighted by Gasteiger charge is 2.31. The molecule has 35 heavy (non-hydrogen) atoms. The molecule has 0 aromatic heterocycles. The van der Waals surface area contributed by atoms with Crippen molar-refractivity contribution in [1.82, 2.24) is 16.0 Å². The monoisotopic (exact) mass is 501 g/mol. The van der Waals surface area contributed by atoms with Crippen LogP contribution in [0.15, 0.2) is 0 Å². The van der Waals surface area contributed by atoms with Crippen molar-refractivity contribution in [1.29, 1.82) is 0 Å². The number of hydrogen-bond donors (Lipinski definition) is 7. The molecule has 13 nitrogen and oxygen atoms in total. The van der Waals surface area contributed by atoms with Gasteiger partial charge < -0.3 is 37.6 Å². The molecule has 9 N–H and O–H groups in total. The zero-order valence-corrected chi connectivity index (χ0v) is 20.7. The van der Waals surface area contributed by atoms with Gasteiger partial charge in [0.25, 0.3) is 0 Å². The van der Waals surface area contributed by atoms with E-state index in [9.17, 15) is 33.9 Å². The predicted molar refractivity (Wildman–Crippen MR) is 126 cm³/mol. The van der Waals surface area contributed by atoms with Gasteiger partial charge in [0.05, 0.1) is 6.04 Å². The SMILES string of the molecule is CC(C)CC(N)C(=O)NC(CC(C)C)C(=O)NC(CCC(N)=O)C(=O)NC(CCC(=O)O)C(=O)O. The summed E-state index contributed by atoms with van der Waals surface area (Å²) in [6.45, 7) is 7.46. The van der Waals surface area contributed by atoms with Crippen LogP contribution in [-0.2, 0) is 28.8 Å². The zero-order chi connectivity index (χ0) is 27.3. The van der Waals surface area contributed by atoms with E-state index in [1.165, 1.54) is 0 Å². The fourth-order valence-electron chi connectivity index (χ4n) is 3.22. The molecule has 0 aromatic carbocycles. The van der Waals surface area contributed by atoms with Crippen molar-refractivity contribution in [3.63, 3.8) is 0 Å². The van der Waals surface area contributed by atoms with E-state index in [1.807, 2.05) is 27.7 Å². The Morgan fingerprint density at radius 3 is 1.60 bits per heavy atom. The minimum atomic E-state index is -1.52. The largest absolute Gasteiger partial charge is 0.481 e. The van der Waals surface area contributed by atoms with Crippen LogP contribution in [0.4, 0.5) is 0 Å². The number of carbonyl (C=O) groups is 6. The predicted octanol–water partition coefficient (Wildman–Crippen LogP) is -0.925. The van der Waals surface area contributed by atoms with Gasteiger partial charge in [-0.2, -0.15) is 0 Å². The van der Waals surface area contributed by atoms with Gasteiger partial charge in [-0.1, -0.05) is 27.7 Å². The Balaban J connectivity index is 5.58. The molecule has 0 aromatic rings. The van der Waals surface area contributed by atoms with E-state index in [2.05, 4.69) is 16.0 Å². The third-order valence-electron chi connectivity index (χ3n) is 4.98. The third kappa shape index (κ3) is 13.9. The number of nitrogens with one attached hydrogen (secondary N) is 3. The van der Waals surface area contributed by atoms with Gasteiger partial charge in [-0.25, -0.2) is 4.79 Å². The zero-order valence-electron chi connectivity index (χ0n) is 20.7. The fourth-order valence-corrected chi connectivity index (χ4v) is 3.22. The Labute approximate surface area is 204 Å². The Kier molecular flexibility index (Phi) is 14.2. The van der Waals surface area contributed by atoms with Crippen LogP contribution in [0.3, 0.4) is 0 Å². The number of hydrogen-bond acceptors (Lipinski definition) is 7. The molecule has 0 fully saturated rings. The number of carbonyl (C=O) groups excluding carboxylic acids is 4. The van der Waals surface area contributed by atoms with E-state index >= 15 is 0 Å². The van der Waals surface area contributed by atoms with Crippen LogP contribution in [0.2, 0.25) is 0 Å². The summed E-state index contributed by atoms with van der Waals surface area (Å²) in [4.78, 5) is 71.7. The Bertz CT molecular complexity index is 771. The van der Waals surface area contributed by atoms with E-state index in [-0.39, 0.29) is 37.5 Å². The van der Waals surface area contributed by atoms with Crippen LogP contribution >= 0.6 is 0 Å². The molecule has 0 aliphatic rings. The summed E-state index contributed by atoms with van der Waals surface area (Å²) in [6, 6.07) is -4.74. The van der Waals surface area contributed by atoms with Gasteiger partial charge in [-0.15, -0.1) is 0 Å². The summed E-state index contributed by atoms with van der Waals surface area (Å²) in [6.07, 6.45) is -0.772. The molecule has 200 valence electrons. The molecular formula is C22H39N5O8. The first-order chi connectivity index (χ1) is 16.1. The highest BCUT2D eigenvalue weighted by molar-refractivity contribution is 5.94. The highest BCUT2D eigenvalue weighted by atomic mass is 16.4. The number of primary amides is 1. The third-order valence-corrected chi connectivity index (χ3v) is 4.98. The molecular weight excluding hydrogens is 462 g/mol. The van der Waals surface area contributed by atoms with Gasteiger partial charge in [0.15, 0.2) is 0 Å². The van der Waals surface area contributed by atoms with Crippen molar-refractivity contribution in [2.45, 2.75) is 90.4 Å². The molecule has 0 spiro atoms. The molecule has 0 saturated carbocycles. The second-order valence-electron chi connectivity index (χ2n) is 9.32. The lowest BCUT2D eigenvalue weighted by atomic mass is 10.00. The molecule has 4 atom stereocenters. The van der Waals surface area contributed by atoms with Gasteiger partial charge in [-0.05, 0) is 37.5 Å². The van der Waals surface area contributed by atoms with Crippen molar-refractivity contribution < 1.29 is 39.0 Å². The summed E-state index contributed by atoms with van der Waals surface area (Å²) >= 11 is 0. The average Bonchev–Trinajstić information content (AvgIpc) is 2.71. The van der Waals surface area contributed by atoms with Crippen LogP contribution in [0.5, 0.6) is 0 Å². The molecule has 0 aliphatic heterocycles. The summed E-state index contributed by atoms with van der Waals surface area (Å²) in [5.41, 5.74) is 11.1. The fraction of sp³-hybridized carbons (Fsp3) is 0.727. The number of carboxylic acid groups (broad SMARTS) is 2. The number of rotatable bonds is 17. The van der Waals surface area contributed by atoms with Crippen LogP contribution < -0.4 is 27.4 Å². The second kappa shape index (κ2) is 15.6. The van der Waals surface area contributed by atoms with Gasteiger partial charge in [0.2, 0.25) is 23.6 Å². The Morgan fingerprint density at radius 1 is 0.686 bits per heavy atom. The molecule has 0 rings (SSSR count). The molecule has 0 bridgehead atoms. The lowest BCUT2D eigenvalue weighted by Crippen LogP contribution is -2.57. The van der Waals surface area contributed by atoms with Gasteiger partial charge in [0, 0.05) is 12.8 Å². The minimum absolute atomic E-state index is 0.0160. The molecule has 0 radical (unpaired) electrons. The van der Waals surface area contributed by atoms with Gasteiger partial charge in [0.1, 0.15) is 18.1 Å². The first kappa shape index (κ1) is 31.8. The van der Waals surface area contributed by atoms with E-state index < -0.39 is 66.2 Å². The quantitative estimate of drug-likeness (QED) is 0.130. The smallest absolute Gasteiger partial charge is 0.326 e. The first-order valence-electron chi connectivity index (χ1n) is 11.5. The Hall–Kier alpha value is -3.22. The highest BCUT2D eigenvalue weighted by Crippen LogP contribution is 2.09. The maximum absolute atomic E-state index is 13.0. The summed E-state index contributed by atoms with van der Waals surface area (Å²) < 4.78 is 0. The minimum Gasteiger partial charge on any atom is -0.481 e. The van der Waals surface area contributed by atoms with Crippen LogP contribution in [0.1, 0.15) is 66.2 Å². The molecule has 0 heterocycles. The molecule has 4 unspecified atom stereocenters. The van der Waals surface area contributed by atoms with Gasteiger partial charge in [-0.3, -0.25) is 24.0 Å². The summed E-state index contributed by atoms with van der Waals surface area (Å²) in [5, 5.41) is 25.3. The van der Waals surface area contributed by atoms with Crippen molar-refractivity contribution in [3.05, 3.63) is 0 Å². The lowest BCUT2D eigenvalue weighted by Gasteiger charge is -2.26. The maximum Gasteiger partial charge on any atom is 0.326 e. The van der Waals surface area contributed by atoms with Crippen LogP contribution in [0.25, 0.3) is 0 Å². The van der Waals surface area contributed by atoms with Crippen molar-refractivity contribution in [2.24, 2.45) is 23.3 Å². The van der Waals surface area contributed by atoms with Crippen molar-refractivity contribution in [3.8, 4) is 0 Å². The molecule has 0 saturated heterocycles. The van der Waals surface area contributed by atoms with E-state index in [0.29, 0.717) is 6.42 Å². The van der Waals surface area contributed by atoms with Crippen molar-refractivity contribution >= 4 is 35.6 Å². The number of amides is 4. The van der Waals surface area contributed by atoms with Crippen molar-refractivity contribution in [2.75, 3.05) is 0 Å². The van der Waals surface area contributed by atoms with Gasteiger partial charge >= 0.3 is 11.9 Å². The molecule has 4 amide bonds. The van der Waals surface area contributed by atoms with E-state index in [1.54, 1.807) is 0 Å². The standard InChI is InChI=1S/C22H39N5O8/c1-11(2)9-13(23)19(31)27-16(10-12(3)4)21(33)25-14(5-7-17(24)28)20(32)26-15(22(34)35)6-8-18(29)30/h11-16H,5-10,23H2,1-4H3,(H2,24,28)(H,25,33)(H,26,32)(H,27,31)(H,29,30)(H,34,35). The Morgan fingerprint density at radius 2 is 1.14 bits per heavy atom. The lowest BCUT2D eigenvalue weighted by molar-refractivity contribution is -0.143. The number of aliphatic carboxylic acids is 2. The topological polar surface area (TPSA) is 231 Å². The second-order valence-corrected chi connectivity index (χ2v) is 9.32. The molecule has 13 heteroatoms. The number of nitrogens with two attached hydrogens (primary N) is 2. The first-order valence-corrected chi connectivity index (χ1v) is 11.5. The van der Waals surface area contributed by atoms with E-state index in [4.69, 9.17) is 16.6 Å². The van der Waals surface area contributed by atoms with Crippen LogP contribution in [0, 0.1) is 11.8 Å². The summed E-state index contributed by atoms with van der Waals surface area (Å²) in [5.74, 6) is -5.48. The summed E-state index contributed by atoms with van der Waals surface area (Å²) in [7, 11) is 0. The van der Waals surface area contributed by atoms with E-state index in [0.717, 1.165) is 0 Å². The average molecular weight is 502 g/mol. The number of carboxylic acids is 2. The molecule has 0 aliphatic carbocycles.